The van der Waals surface area contributed by atoms with Crippen LogP contribution in [-0.4, -0.2) is 117 Å². The molecule has 4 amide bonds. The minimum Gasteiger partial charge on any atom is -0.507 e. The van der Waals surface area contributed by atoms with Gasteiger partial charge in [0.25, 0.3) is 5.91 Å². The normalized spacial score (nSPS) is 21.4. The van der Waals surface area contributed by atoms with Crippen molar-refractivity contribution in [2.24, 2.45) is 0 Å². The van der Waals surface area contributed by atoms with Crippen molar-refractivity contribution >= 4 is 46.1 Å². The molecule has 62 heavy (non-hydrogen) atoms. The molecule has 2 aromatic carbocycles. The highest BCUT2D eigenvalue weighted by molar-refractivity contribution is 6.06. The lowest BCUT2D eigenvalue weighted by atomic mass is 9.91. The Morgan fingerprint density at radius 3 is 2.50 bits per heavy atom. The summed E-state index contributed by atoms with van der Waals surface area (Å²) in [6, 6.07) is 18.1. The number of aromatic hydroxyl groups is 1. The third kappa shape index (κ3) is 8.16. The van der Waals surface area contributed by atoms with Gasteiger partial charge >= 0.3 is 6.03 Å². The Balaban J connectivity index is 0.780. The van der Waals surface area contributed by atoms with Gasteiger partial charge < -0.3 is 34.8 Å². The summed E-state index contributed by atoms with van der Waals surface area (Å²) in [5, 5.41) is 22.2. The molecular weight excluding hydrogens is 792 g/mol. The van der Waals surface area contributed by atoms with Gasteiger partial charge in [-0.2, -0.15) is 0 Å². The number of hydrogen-bond donors (Lipinski definition) is 3. The second kappa shape index (κ2) is 17.0. The van der Waals surface area contributed by atoms with Gasteiger partial charge in [-0.1, -0.05) is 31.2 Å². The first-order valence-electron chi connectivity index (χ1n) is 21.7. The van der Waals surface area contributed by atoms with Crippen molar-refractivity contribution in [2.75, 3.05) is 68.0 Å². The van der Waals surface area contributed by atoms with Gasteiger partial charge in [-0.05, 0) is 73.7 Å². The van der Waals surface area contributed by atoms with Gasteiger partial charge in [-0.3, -0.25) is 19.8 Å². The number of imide groups is 1. The number of piperidine rings is 2. The van der Waals surface area contributed by atoms with E-state index in [0.29, 0.717) is 67.5 Å². The number of phenolic OH excluding ortho intramolecular Hbond substituents is 1. The number of carbonyl (C=O) groups is 3. The first-order chi connectivity index (χ1) is 30.0. The van der Waals surface area contributed by atoms with Gasteiger partial charge in [0.2, 0.25) is 5.91 Å². The van der Waals surface area contributed by atoms with E-state index in [1.807, 2.05) is 42.5 Å². The highest BCUT2D eigenvalue weighted by Gasteiger charge is 2.39. The van der Waals surface area contributed by atoms with Crippen LogP contribution in [0.1, 0.15) is 79.6 Å². The number of alkyl halides is 1. The second-order valence-corrected chi connectivity index (χ2v) is 17.1. The number of amides is 4. The van der Waals surface area contributed by atoms with Crippen LogP contribution in [0.4, 0.5) is 26.4 Å². The zero-order chi connectivity index (χ0) is 43.1. The molecule has 2 atom stereocenters. The molecule has 4 fully saturated rings. The third-order valence-electron chi connectivity index (χ3n) is 13.1. The quantitative estimate of drug-likeness (QED) is 0.158. The number of nitrogens with one attached hydrogen (secondary N) is 1. The number of halogens is 1. The van der Waals surface area contributed by atoms with Crippen LogP contribution in [0.5, 0.6) is 5.75 Å². The number of ether oxygens (including phenoxy) is 1. The van der Waals surface area contributed by atoms with Crippen LogP contribution in [0.3, 0.4) is 0 Å². The summed E-state index contributed by atoms with van der Waals surface area (Å²) in [5.74, 6) is 0.0238. The average molecular weight is 845 g/mol. The number of rotatable bonds is 9. The molecule has 4 aliphatic rings. The molecule has 4 aliphatic heterocycles. The number of pyridine rings is 1. The van der Waals surface area contributed by atoms with Gasteiger partial charge in [0.1, 0.15) is 23.2 Å². The standard InChI is InChI=1S/C46H53FN10O5/c1-3-30-25-57(43-36(30)22-34(24-49-43)55-19-14-41(59)50-45(55)61)33-12-17-53(18-13-33)28-46(47)15-20-54(21-16-46)44(60)32-10-8-31(9-11-32)40-26-56(29(2)27-62-40)38-23-37(51-52-42(38)48)35-6-4-5-7-39(35)58/h4-11,22-25,29,33,40,58H,3,12-21,26-28H2,1-2H3,(H2,48,52)(H,50,59,61)/t29-,40+/m1/s1. The van der Waals surface area contributed by atoms with Gasteiger partial charge in [0.15, 0.2) is 5.82 Å². The highest BCUT2D eigenvalue weighted by Crippen LogP contribution is 2.37. The number of benzene rings is 2. The van der Waals surface area contributed by atoms with Crippen molar-refractivity contribution in [3.05, 3.63) is 89.7 Å². The number of hydrogen-bond acceptors (Lipinski definition) is 11. The second-order valence-electron chi connectivity index (χ2n) is 17.1. The van der Waals surface area contributed by atoms with E-state index in [-0.39, 0.29) is 60.8 Å². The maximum atomic E-state index is 16.4. The fraction of sp³-hybridized carbons (Fsp3) is 0.435. The van der Waals surface area contributed by atoms with Gasteiger partial charge in [-0.25, -0.2) is 14.2 Å². The Morgan fingerprint density at radius 1 is 1.02 bits per heavy atom. The summed E-state index contributed by atoms with van der Waals surface area (Å²) in [7, 11) is 0. The van der Waals surface area contributed by atoms with E-state index in [1.54, 1.807) is 34.2 Å². The number of aryl methyl sites for hydroxylation is 1. The summed E-state index contributed by atoms with van der Waals surface area (Å²) in [6.45, 7) is 8.02. The molecule has 16 heteroatoms. The summed E-state index contributed by atoms with van der Waals surface area (Å²) in [5.41, 5.74) is 10.9. The van der Waals surface area contributed by atoms with Crippen LogP contribution in [-0.2, 0) is 16.0 Å². The van der Waals surface area contributed by atoms with Crippen LogP contribution in [0.25, 0.3) is 22.3 Å². The zero-order valence-electron chi connectivity index (χ0n) is 35.2. The number of urea groups is 1. The van der Waals surface area contributed by atoms with Crippen molar-refractivity contribution in [3.63, 3.8) is 0 Å². The summed E-state index contributed by atoms with van der Waals surface area (Å²) < 4.78 is 24.9. The molecule has 324 valence electrons. The van der Waals surface area contributed by atoms with Crippen LogP contribution in [0.2, 0.25) is 0 Å². The number of nitrogen functional groups attached to an aromatic ring is 1. The SMILES string of the molecule is CCc1cn(C2CCN(CC3(F)CCN(C(=O)c4ccc([C@@H]5CN(c6cc(-c7ccccc7O)nnc6N)[C@H](C)CO5)cc4)CC3)CC2)c2ncc(N3CCC(=O)NC3=O)cc12. The molecule has 9 rings (SSSR count). The van der Waals surface area contributed by atoms with Crippen molar-refractivity contribution < 1.29 is 28.6 Å². The van der Waals surface area contributed by atoms with E-state index in [1.165, 1.54) is 0 Å². The number of aromatic nitrogens is 4. The number of nitrogens with two attached hydrogens (primary N) is 1. The minimum absolute atomic E-state index is 0.00520. The van der Waals surface area contributed by atoms with Gasteiger partial charge in [-0.15, -0.1) is 10.2 Å². The van der Waals surface area contributed by atoms with E-state index in [2.05, 4.69) is 49.9 Å². The molecule has 0 aliphatic carbocycles. The van der Waals surface area contributed by atoms with Crippen molar-refractivity contribution in [3.8, 4) is 17.0 Å². The molecule has 0 unspecified atom stereocenters. The monoisotopic (exact) mass is 844 g/mol. The number of para-hydroxylation sites is 1. The molecule has 7 heterocycles. The minimum atomic E-state index is -1.37. The maximum absolute atomic E-state index is 16.4. The largest absolute Gasteiger partial charge is 0.507 e. The Hall–Kier alpha value is -6.13. The molecule has 0 spiro atoms. The Morgan fingerprint density at radius 2 is 1.77 bits per heavy atom. The molecule has 0 radical (unpaired) electrons. The molecule has 5 aromatic rings. The van der Waals surface area contributed by atoms with Crippen LogP contribution >= 0.6 is 0 Å². The molecular formula is C46H53FN10O5. The number of anilines is 3. The predicted octanol–water partition coefficient (Wildman–Crippen LogP) is 6.04. The number of nitrogens with zero attached hydrogens (tertiary/aromatic N) is 8. The first kappa shape index (κ1) is 41.2. The number of fused-ring (bicyclic) bond motifs is 1. The topological polar surface area (TPSA) is 175 Å². The summed E-state index contributed by atoms with van der Waals surface area (Å²) in [6.07, 6.45) is 6.97. The van der Waals surface area contributed by atoms with Crippen LogP contribution < -0.4 is 20.9 Å². The summed E-state index contributed by atoms with van der Waals surface area (Å²) >= 11 is 0. The van der Waals surface area contributed by atoms with Crippen molar-refractivity contribution in [2.45, 2.75) is 76.2 Å². The third-order valence-corrected chi connectivity index (χ3v) is 13.1. The van der Waals surface area contributed by atoms with E-state index >= 15 is 4.39 Å². The van der Waals surface area contributed by atoms with E-state index in [9.17, 15) is 19.5 Å². The van der Waals surface area contributed by atoms with E-state index < -0.39 is 11.7 Å². The first-order valence-corrected chi connectivity index (χ1v) is 21.7. The average Bonchev–Trinajstić information content (AvgIpc) is 3.65. The lowest BCUT2D eigenvalue weighted by Gasteiger charge is -2.41. The van der Waals surface area contributed by atoms with Gasteiger partial charge in [0.05, 0.1) is 29.9 Å². The Bertz CT molecular complexity index is 2480. The predicted molar refractivity (Wildman–Crippen MR) is 234 cm³/mol. The number of morpholine rings is 1. The highest BCUT2D eigenvalue weighted by atomic mass is 19.1. The molecule has 0 bridgehead atoms. The van der Waals surface area contributed by atoms with Crippen molar-refractivity contribution in [1.29, 1.82) is 0 Å². The Labute approximate surface area is 359 Å². The zero-order valence-corrected chi connectivity index (χ0v) is 35.2. The summed E-state index contributed by atoms with van der Waals surface area (Å²) in [4.78, 5) is 50.3. The smallest absolute Gasteiger partial charge is 0.328 e. The molecule has 4 saturated heterocycles. The lowest BCUT2D eigenvalue weighted by molar-refractivity contribution is -0.120. The van der Waals surface area contributed by atoms with Crippen molar-refractivity contribution in [1.82, 2.24) is 34.9 Å². The fourth-order valence-corrected chi connectivity index (χ4v) is 9.49. The number of likely N-dealkylation sites (tertiary alicyclic amines) is 2. The molecule has 4 N–H and O–H groups in total. The molecule has 15 nitrogen and oxygen atoms in total. The van der Waals surface area contributed by atoms with Gasteiger partial charge in [0, 0.05) is 99.9 Å². The van der Waals surface area contributed by atoms with E-state index in [0.717, 1.165) is 54.5 Å². The Kier molecular flexibility index (Phi) is 11.3. The molecule has 0 saturated carbocycles. The fourth-order valence-electron chi connectivity index (χ4n) is 9.49. The number of carbonyl (C=O) groups excluding carboxylic acids is 3. The lowest BCUT2D eigenvalue weighted by Crippen LogP contribution is -2.51. The number of phenols is 1. The maximum Gasteiger partial charge on any atom is 0.328 e. The molecule has 3 aromatic heterocycles. The van der Waals surface area contributed by atoms with Crippen LogP contribution in [0, 0.1) is 0 Å². The van der Waals surface area contributed by atoms with E-state index in [4.69, 9.17) is 15.5 Å². The van der Waals surface area contributed by atoms with Crippen LogP contribution in [0.15, 0.2) is 73.1 Å².